The number of rotatable bonds is 3. The van der Waals surface area contributed by atoms with Crippen LogP contribution in [0.4, 0.5) is 5.69 Å². The summed E-state index contributed by atoms with van der Waals surface area (Å²) >= 11 is 6.67. The highest BCUT2D eigenvalue weighted by Crippen LogP contribution is 2.34. The number of nitrogens with one attached hydrogen (secondary N) is 1. The third kappa shape index (κ3) is 3.46. The molecule has 0 aliphatic heterocycles. The summed E-state index contributed by atoms with van der Waals surface area (Å²) in [5.74, 6) is 0. The Labute approximate surface area is 140 Å². The molecule has 0 aromatic heterocycles. The molecular weight excluding hydrogens is 420 g/mol. The standard InChI is InChI=1S/C14H10Br2N2O2S/c1-9-6-11(15)14(12(16)7-9)18-21(19,20)13-5-3-2-4-10(13)8-17/h2-7,18H,1H3. The highest BCUT2D eigenvalue weighted by Gasteiger charge is 2.20. The van der Waals surface area contributed by atoms with Crippen LogP contribution in [0.1, 0.15) is 11.1 Å². The molecule has 0 amide bonds. The summed E-state index contributed by atoms with van der Waals surface area (Å²) in [6.45, 7) is 1.90. The van der Waals surface area contributed by atoms with Gasteiger partial charge in [0, 0.05) is 8.95 Å². The zero-order chi connectivity index (χ0) is 15.6. The van der Waals surface area contributed by atoms with Crippen molar-refractivity contribution in [3.05, 3.63) is 56.5 Å². The van der Waals surface area contributed by atoms with Crippen molar-refractivity contribution < 1.29 is 8.42 Å². The van der Waals surface area contributed by atoms with Crippen LogP contribution < -0.4 is 4.72 Å². The number of sulfonamides is 1. The van der Waals surface area contributed by atoms with Gasteiger partial charge in [0.2, 0.25) is 0 Å². The van der Waals surface area contributed by atoms with Crippen molar-refractivity contribution in [3.8, 4) is 6.07 Å². The summed E-state index contributed by atoms with van der Waals surface area (Å²) in [6, 6.07) is 11.6. The fourth-order valence-electron chi connectivity index (χ4n) is 1.78. The van der Waals surface area contributed by atoms with E-state index in [2.05, 4.69) is 36.6 Å². The SMILES string of the molecule is Cc1cc(Br)c(NS(=O)(=O)c2ccccc2C#N)c(Br)c1. The Balaban J connectivity index is 2.51. The summed E-state index contributed by atoms with van der Waals surface area (Å²) in [5.41, 5.74) is 1.48. The Bertz CT molecular complexity index is 819. The monoisotopic (exact) mass is 428 g/mol. The Hall–Kier alpha value is -1.36. The lowest BCUT2D eigenvalue weighted by Crippen LogP contribution is -2.15. The maximum atomic E-state index is 12.5. The predicted molar refractivity (Wildman–Crippen MR) is 88.5 cm³/mol. The van der Waals surface area contributed by atoms with Gasteiger partial charge in [0.05, 0.1) is 11.3 Å². The minimum atomic E-state index is -3.85. The van der Waals surface area contributed by atoms with Crippen LogP contribution in [0.3, 0.4) is 0 Å². The van der Waals surface area contributed by atoms with Crippen LogP contribution in [0.25, 0.3) is 0 Å². The van der Waals surface area contributed by atoms with Crippen molar-refractivity contribution in [3.63, 3.8) is 0 Å². The van der Waals surface area contributed by atoms with Gasteiger partial charge in [0.25, 0.3) is 10.0 Å². The van der Waals surface area contributed by atoms with Crippen LogP contribution in [-0.4, -0.2) is 8.42 Å². The van der Waals surface area contributed by atoms with Crippen molar-refractivity contribution in [1.29, 1.82) is 5.26 Å². The maximum absolute atomic E-state index is 12.5. The van der Waals surface area contributed by atoms with Crippen LogP contribution in [0.2, 0.25) is 0 Å². The molecule has 0 spiro atoms. The van der Waals surface area contributed by atoms with Crippen molar-refractivity contribution in [1.82, 2.24) is 0 Å². The quantitative estimate of drug-likeness (QED) is 0.794. The van der Waals surface area contributed by atoms with E-state index in [1.165, 1.54) is 12.1 Å². The zero-order valence-corrected chi connectivity index (χ0v) is 14.9. The van der Waals surface area contributed by atoms with Crippen LogP contribution in [0.5, 0.6) is 0 Å². The first-order valence-corrected chi connectivity index (χ1v) is 8.89. The lowest BCUT2D eigenvalue weighted by molar-refractivity contribution is 0.601. The van der Waals surface area contributed by atoms with E-state index in [0.29, 0.717) is 14.6 Å². The van der Waals surface area contributed by atoms with Gasteiger partial charge in [-0.25, -0.2) is 8.42 Å². The molecule has 2 aromatic rings. The number of hydrogen-bond donors (Lipinski definition) is 1. The summed E-state index contributed by atoms with van der Waals surface area (Å²) in [7, 11) is -3.85. The number of anilines is 1. The Kier molecular flexibility index (Phi) is 4.71. The van der Waals surface area contributed by atoms with Gasteiger partial charge < -0.3 is 0 Å². The first-order valence-electron chi connectivity index (χ1n) is 5.83. The minimum Gasteiger partial charge on any atom is -0.277 e. The molecule has 0 fully saturated rings. The molecule has 0 heterocycles. The second-order valence-electron chi connectivity index (χ2n) is 4.32. The van der Waals surface area contributed by atoms with Gasteiger partial charge in [-0.15, -0.1) is 0 Å². The van der Waals surface area contributed by atoms with Gasteiger partial charge in [0.1, 0.15) is 11.0 Å². The lowest BCUT2D eigenvalue weighted by Gasteiger charge is -2.13. The van der Waals surface area contributed by atoms with Crippen molar-refractivity contribution in [2.24, 2.45) is 0 Å². The Morgan fingerprint density at radius 3 is 2.29 bits per heavy atom. The number of nitriles is 1. The molecule has 2 aromatic carbocycles. The van der Waals surface area contributed by atoms with Crippen LogP contribution >= 0.6 is 31.9 Å². The van der Waals surface area contributed by atoms with Crippen molar-refractivity contribution >= 4 is 47.6 Å². The zero-order valence-electron chi connectivity index (χ0n) is 10.9. The molecule has 0 unspecified atom stereocenters. The van der Waals surface area contributed by atoms with Crippen LogP contribution in [-0.2, 0) is 10.0 Å². The smallest absolute Gasteiger partial charge is 0.263 e. The maximum Gasteiger partial charge on any atom is 0.263 e. The fraction of sp³-hybridized carbons (Fsp3) is 0.0714. The van der Waals surface area contributed by atoms with E-state index in [4.69, 9.17) is 5.26 Å². The molecule has 21 heavy (non-hydrogen) atoms. The van der Waals surface area contributed by atoms with Gasteiger partial charge in [-0.3, -0.25) is 4.72 Å². The molecule has 0 aliphatic rings. The molecule has 0 radical (unpaired) electrons. The summed E-state index contributed by atoms with van der Waals surface area (Å²) in [6.07, 6.45) is 0. The molecule has 0 saturated carbocycles. The summed E-state index contributed by atoms with van der Waals surface area (Å²) < 4.78 is 28.7. The average molecular weight is 430 g/mol. The van der Waals surface area contributed by atoms with E-state index >= 15 is 0 Å². The molecule has 2 rings (SSSR count). The molecule has 108 valence electrons. The second-order valence-corrected chi connectivity index (χ2v) is 7.68. The summed E-state index contributed by atoms with van der Waals surface area (Å²) in [5, 5.41) is 9.03. The highest BCUT2D eigenvalue weighted by molar-refractivity contribution is 9.11. The number of aryl methyl sites for hydroxylation is 1. The molecule has 7 heteroatoms. The van der Waals surface area contributed by atoms with E-state index in [0.717, 1.165) is 5.56 Å². The number of hydrogen-bond acceptors (Lipinski definition) is 3. The van der Waals surface area contributed by atoms with Gasteiger partial charge in [0.15, 0.2) is 0 Å². The van der Waals surface area contributed by atoms with Crippen molar-refractivity contribution in [2.45, 2.75) is 11.8 Å². The minimum absolute atomic E-state index is 0.0492. The van der Waals surface area contributed by atoms with E-state index in [1.54, 1.807) is 24.3 Å². The largest absolute Gasteiger partial charge is 0.277 e. The Morgan fingerprint density at radius 2 is 1.71 bits per heavy atom. The van der Waals surface area contributed by atoms with Crippen molar-refractivity contribution in [2.75, 3.05) is 4.72 Å². The highest BCUT2D eigenvalue weighted by atomic mass is 79.9. The predicted octanol–water partition coefficient (Wildman–Crippen LogP) is 4.19. The second kappa shape index (κ2) is 6.18. The Morgan fingerprint density at radius 1 is 1.14 bits per heavy atom. The van der Waals surface area contributed by atoms with E-state index in [9.17, 15) is 8.42 Å². The van der Waals surface area contributed by atoms with E-state index in [1.807, 2.05) is 13.0 Å². The average Bonchev–Trinajstić information content (AvgIpc) is 2.43. The molecule has 1 N–H and O–H groups in total. The molecule has 4 nitrogen and oxygen atoms in total. The lowest BCUT2D eigenvalue weighted by atomic mass is 10.2. The normalized spacial score (nSPS) is 11.0. The van der Waals surface area contributed by atoms with E-state index < -0.39 is 10.0 Å². The fourth-order valence-corrected chi connectivity index (χ4v) is 4.92. The van der Waals surface area contributed by atoms with Gasteiger partial charge in [-0.2, -0.15) is 5.26 Å². The molecular formula is C14H10Br2N2O2S. The van der Waals surface area contributed by atoms with Gasteiger partial charge in [-0.1, -0.05) is 12.1 Å². The number of nitrogens with zero attached hydrogens (tertiary/aromatic N) is 1. The third-order valence-corrected chi connectivity index (χ3v) is 5.38. The number of benzene rings is 2. The molecule has 0 saturated heterocycles. The summed E-state index contributed by atoms with van der Waals surface area (Å²) in [4.78, 5) is -0.0492. The number of halogens is 2. The first kappa shape index (κ1) is 16.0. The van der Waals surface area contributed by atoms with Gasteiger partial charge in [-0.05, 0) is 68.6 Å². The van der Waals surface area contributed by atoms with Crippen LogP contribution in [0, 0.1) is 18.3 Å². The van der Waals surface area contributed by atoms with Gasteiger partial charge >= 0.3 is 0 Å². The van der Waals surface area contributed by atoms with E-state index in [-0.39, 0.29) is 10.5 Å². The molecule has 0 aliphatic carbocycles. The molecule has 0 bridgehead atoms. The first-order chi connectivity index (χ1) is 9.85. The molecule has 0 atom stereocenters. The van der Waals surface area contributed by atoms with Crippen LogP contribution in [0.15, 0.2) is 50.2 Å². The third-order valence-electron chi connectivity index (χ3n) is 2.72. The topological polar surface area (TPSA) is 70.0 Å².